The summed E-state index contributed by atoms with van der Waals surface area (Å²) in [5.74, 6) is -3.75. The average Bonchev–Trinajstić information content (AvgIpc) is 3.01. The number of ether oxygens (including phenoxy) is 1. The molecule has 0 fully saturated rings. The normalized spacial score (nSPS) is 12.5. The van der Waals surface area contributed by atoms with Crippen molar-refractivity contribution in [2.24, 2.45) is 0 Å². The molecule has 0 heterocycles. The van der Waals surface area contributed by atoms with Crippen molar-refractivity contribution in [3.05, 3.63) is 148 Å². The summed E-state index contributed by atoms with van der Waals surface area (Å²) >= 11 is 0. The first-order valence-electron chi connectivity index (χ1n) is 13.4. The molecule has 9 nitrogen and oxygen atoms in total. The Morgan fingerprint density at radius 1 is 0.810 bits per heavy atom. The number of amides is 1. The molecule has 0 radical (unpaired) electrons. The summed E-state index contributed by atoms with van der Waals surface area (Å²) in [6.45, 7) is 1.71. The van der Waals surface area contributed by atoms with Gasteiger partial charge in [-0.25, -0.2) is 4.79 Å². The van der Waals surface area contributed by atoms with E-state index in [1.807, 2.05) is 54.6 Å². The first-order valence-corrected chi connectivity index (χ1v) is 13.4. The van der Waals surface area contributed by atoms with Crippen LogP contribution < -0.4 is 5.32 Å². The summed E-state index contributed by atoms with van der Waals surface area (Å²) in [6, 6.07) is 30.8. The van der Waals surface area contributed by atoms with Crippen LogP contribution in [0.4, 0.5) is 5.69 Å². The van der Waals surface area contributed by atoms with Crippen LogP contribution >= 0.6 is 0 Å². The van der Waals surface area contributed by atoms with Crippen LogP contribution in [0, 0.1) is 10.1 Å². The highest BCUT2D eigenvalue weighted by Crippen LogP contribution is 2.40. The largest absolute Gasteiger partial charge is 0.480 e. The first-order chi connectivity index (χ1) is 20.3. The number of benzene rings is 4. The summed E-state index contributed by atoms with van der Waals surface area (Å²) in [4.78, 5) is 50.8. The zero-order chi connectivity index (χ0) is 30.1. The summed E-state index contributed by atoms with van der Waals surface area (Å²) in [5, 5.41) is 24.4. The number of carbonyl (C=O) groups is 3. The number of rotatable bonds is 12. The monoisotopic (exact) mass is 566 g/mol. The van der Waals surface area contributed by atoms with E-state index in [1.165, 1.54) is 24.3 Å². The Hall–Kier alpha value is -5.31. The third-order valence-electron chi connectivity index (χ3n) is 7.14. The maximum atomic E-state index is 14.7. The van der Waals surface area contributed by atoms with Gasteiger partial charge in [0.15, 0.2) is 0 Å². The summed E-state index contributed by atoms with van der Waals surface area (Å²) in [5.41, 5.74) is 0.511. The Labute approximate surface area is 242 Å². The number of nitro benzene ring substituents is 1. The molecule has 4 rings (SSSR count). The van der Waals surface area contributed by atoms with Gasteiger partial charge in [0.2, 0.25) is 5.91 Å². The van der Waals surface area contributed by atoms with Crippen LogP contribution in [0.1, 0.15) is 41.5 Å². The lowest BCUT2D eigenvalue weighted by Gasteiger charge is -2.36. The van der Waals surface area contributed by atoms with E-state index in [1.54, 1.807) is 43.3 Å². The van der Waals surface area contributed by atoms with E-state index in [0.717, 1.165) is 0 Å². The van der Waals surface area contributed by atoms with Crippen LogP contribution in [0.2, 0.25) is 0 Å². The minimum Gasteiger partial charge on any atom is -0.480 e. The fourth-order valence-corrected chi connectivity index (χ4v) is 5.21. The molecule has 0 saturated carbocycles. The van der Waals surface area contributed by atoms with Crippen molar-refractivity contribution < 1.29 is 29.2 Å². The van der Waals surface area contributed by atoms with Gasteiger partial charge in [-0.15, -0.1) is 0 Å². The number of nitro groups is 1. The maximum absolute atomic E-state index is 14.7. The molecule has 0 aliphatic rings. The summed E-state index contributed by atoms with van der Waals surface area (Å²) in [7, 11) is 0. The Bertz CT molecular complexity index is 1430. The highest BCUT2D eigenvalue weighted by Gasteiger charge is 2.46. The summed E-state index contributed by atoms with van der Waals surface area (Å²) in [6.07, 6.45) is -0.377. The number of carboxylic acids is 1. The van der Waals surface area contributed by atoms with Gasteiger partial charge in [-0.1, -0.05) is 103 Å². The van der Waals surface area contributed by atoms with E-state index in [4.69, 9.17) is 4.74 Å². The van der Waals surface area contributed by atoms with Gasteiger partial charge < -0.3 is 15.2 Å². The van der Waals surface area contributed by atoms with Gasteiger partial charge in [0, 0.05) is 18.1 Å². The number of hydrogen-bond donors (Lipinski definition) is 2. The minimum absolute atomic E-state index is 0.0784. The van der Waals surface area contributed by atoms with Gasteiger partial charge >= 0.3 is 11.9 Å². The second kappa shape index (κ2) is 13.4. The van der Waals surface area contributed by atoms with Gasteiger partial charge in [-0.05, 0) is 29.2 Å². The number of aliphatic carboxylic acids is 1. The molecule has 2 N–H and O–H groups in total. The van der Waals surface area contributed by atoms with E-state index in [0.29, 0.717) is 22.3 Å². The van der Waals surface area contributed by atoms with Gasteiger partial charge in [0.1, 0.15) is 11.5 Å². The van der Waals surface area contributed by atoms with Crippen molar-refractivity contribution in [1.29, 1.82) is 0 Å². The molecule has 214 valence electrons. The highest BCUT2D eigenvalue weighted by molar-refractivity contribution is 5.98. The molecular formula is C33H30N2O7. The van der Waals surface area contributed by atoms with Crippen LogP contribution in [0.25, 0.3) is 0 Å². The molecule has 42 heavy (non-hydrogen) atoms. The molecule has 0 aliphatic carbocycles. The van der Waals surface area contributed by atoms with Crippen LogP contribution in [-0.2, 0) is 24.5 Å². The smallest absolute Gasteiger partial charge is 0.326 e. The van der Waals surface area contributed by atoms with Gasteiger partial charge in [0.05, 0.1) is 18.0 Å². The van der Waals surface area contributed by atoms with Gasteiger partial charge in [-0.3, -0.25) is 19.7 Å². The fourth-order valence-electron chi connectivity index (χ4n) is 5.21. The van der Waals surface area contributed by atoms with Crippen molar-refractivity contribution in [2.75, 3.05) is 6.61 Å². The molecule has 0 aliphatic heterocycles. The van der Waals surface area contributed by atoms with Crippen molar-refractivity contribution in [3.8, 4) is 0 Å². The molecule has 4 aromatic carbocycles. The molecule has 0 spiro atoms. The summed E-state index contributed by atoms with van der Waals surface area (Å²) < 4.78 is 5.11. The van der Waals surface area contributed by atoms with Crippen LogP contribution in [0.3, 0.4) is 0 Å². The standard InChI is InChI=1S/C33H30N2O7/c1-2-42-29(36)22-28(23-18-20-27(21-19-23)35(40)41)30(31(37)38)34-32(39)33(24-12-6-3-7-13-24,25-14-8-4-9-15-25)26-16-10-5-11-17-26/h3-21,28,30H,2,22H2,1H3,(H,34,39)(H,37,38)/t28-,30-/m0/s1. The molecule has 0 saturated heterocycles. The Balaban J connectivity index is 1.87. The second-order valence-electron chi connectivity index (χ2n) is 9.60. The molecule has 0 aromatic heterocycles. The first kappa shape index (κ1) is 29.7. The van der Waals surface area contributed by atoms with E-state index in [9.17, 15) is 29.6 Å². The predicted octanol–water partition coefficient (Wildman–Crippen LogP) is 5.24. The van der Waals surface area contributed by atoms with E-state index in [-0.39, 0.29) is 18.7 Å². The number of hydrogen-bond acceptors (Lipinski definition) is 6. The lowest BCUT2D eigenvalue weighted by Crippen LogP contribution is -2.54. The van der Waals surface area contributed by atoms with E-state index in [2.05, 4.69) is 5.32 Å². The van der Waals surface area contributed by atoms with Gasteiger partial charge in [0.25, 0.3) is 5.69 Å². The number of non-ortho nitro benzene ring substituents is 1. The minimum atomic E-state index is -1.58. The van der Waals surface area contributed by atoms with Crippen molar-refractivity contribution in [2.45, 2.75) is 30.7 Å². The SMILES string of the molecule is CCOC(=O)C[C@@H](c1ccc([N+](=O)[O-])cc1)[C@H](NC(=O)C(c1ccccc1)(c1ccccc1)c1ccccc1)C(=O)O. The van der Waals surface area contributed by atoms with E-state index >= 15 is 0 Å². The topological polar surface area (TPSA) is 136 Å². The number of nitrogens with zero attached hydrogens (tertiary/aromatic N) is 1. The molecule has 4 aromatic rings. The Morgan fingerprint density at radius 3 is 1.64 bits per heavy atom. The highest BCUT2D eigenvalue weighted by atomic mass is 16.6. The molecular weight excluding hydrogens is 536 g/mol. The molecule has 9 heteroatoms. The number of carbonyl (C=O) groups excluding carboxylic acids is 2. The molecule has 0 bridgehead atoms. The van der Waals surface area contributed by atoms with Crippen molar-refractivity contribution in [3.63, 3.8) is 0 Å². The fraction of sp³-hybridized carbons (Fsp3) is 0.182. The quantitative estimate of drug-likeness (QED) is 0.104. The Kier molecular flexibility index (Phi) is 9.44. The molecule has 0 unspecified atom stereocenters. The van der Waals surface area contributed by atoms with Crippen molar-refractivity contribution in [1.82, 2.24) is 5.32 Å². The average molecular weight is 567 g/mol. The molecule has 2 atom stereocenters. The number of carboxylic acid groups (broad SMARTS) is 1. The Morgan fingerprint density at radius 2 is 1.26 bits per heavy atom. The van der Waals surface area contributed by atoms with Crippen LogP contribution in [-0.4, -0.2) is 40.5 Å². The lowest BCUT2D eigenvalue weighted by atomic mass is 9.68. The van der Waals surface area contributed by atoms with E-state index < -0.39 is 40.1 Å². The zero-order valence-electron chi connectivity index (χ0n) is 22.9. The third kappa shape index (κ3) is 6.20. The van der Waals surface area contributed by atoms with Gasteiger partial charge in [-0.2, -0.15) is 0 Å². The molecule has 1 amide bonds. The lowest BCUT2D eigenvalue weighted by molar-refractivity contribution is -0.384. The third-order valence-corrected chi connectivity index (χ3v) is 7.14. The van der Waals surface area contributed by atoms with Crippen molar-refractivity contribution >= 4 is 23.5 Å². The predicted molar refractivity (Wildman–Crippen MR) is 156 cm³/mol. The van der Waals surface area contributed by atoms with Crippen LogP contribution in [0.15, 0.2) is 115 Å². The number of esters is 1. The maximum Gasteiger partial charge on any atom is 0.326 e. The number of nitrogens with one attached hydrogen (secondary N) is 1. The zero-order valence-corrected chi connectivity index (χ0v) is 22.9. The van der Waals surface area contributed by atoms with Crippen LogP contribution in [0.5, 0.6) is 0 Å². The second-order valence-corrected chi connectivity index (χ2v) is 9.60.